The van der Waals surface area contributed by atoms with E-state index in [0.717, 1.165) is 31.6 Å². The van der Waals surface area contributed by atoms with Gasteiger partial charge in [0.1, 0.15) is 0 Å². The van der Waals surface area contributed by atoms with Crippen LogP contribution in [0.2, 0.25) is 0 Å². The largest absolute Gasteiger partial charge is 0.466 e. The molecule has 6 nitrogen and oxygen atoms in total. The molecule has 5 N–H and O–H groups in total. The summed E-state index contributed by atoms with van der Waals surface area (Å²) in [6, 6.07) is 0. The summed E-state index contributed by atoms with van der Waals surface area (Å²) in [6.45, 7) is 14.5. The van der Waals surface area contributed by atoms with Gasteiger partial charge in [-0.25, -0.2) is 4.57 Å². The van der Waals surface area contributed by atoms with E-state index in [0.29, 0.717) is 0 Å². The van der Waals surface area contributed by atoms with Gasteiger partial charge in [-0.05, 0) is 50.5 Å². The van der Waals surface area contributed by atoms with Gasteiger partial charge in [-0.2, -0.15) is 0 Å². The molecular formula is C48H104NO5P. The summed E-state index contributed by atoms with van der Waals surface area (Å²) in [7, 11) is -4.64. The highest BCUT2D eigenvalue weighted by Crippen LogP contribution is 2.26. The first-order valence-electron chi connectivity index (χ1n) is 24.8. The van der Waals surface area contributed by atoms with E-state index in [4.69, 9.17) is 29.7 Å². The second-order valence-electron chi connectivity index (χ2n) is 17.0. The first-order chi connectivity index (χ1) is 26.7. The van der Waals surface area contributed by atoms with Gasteiger partial charge in [-0.1, -0.05) is 247 Å². The van der Waals surface area contributed by atoms with Crippen molar-refractivity contribution >= 4 is 7.82 Å². The van der Waals surface area contributed by atoms with E-state index in [1.165, 1.54) is 244 Å². The molecule has 55 heavy (non-hydrogen) atoms. The van der Waals surface area contributed by atoms with E-state index in [2.05, 4.69) is 34.6 Å². The first kappa shape index (κ1) is 59.3. The second-order valence-corrected chi connectivity index (χ2v) is 18.0. The van der Waals surface area contributed by atoms with Crippen molar-refractivity contribution < 1.29 is 24.0 Å². The van der Waals surface area contributed by atoms with Gasteiger partial charge >= 0.3 is 7.82 Å². The quantitative estimate of drug-likeness (QED) is 0.0361. The normalized spacial score (nSPS) is 12.5. The van der Waals surface area contributed by atoms with Crippen LogP contribution in [0, 0.1) is 11.8 Å². The van der Waals surface area contributed by atoms with Crippen molar-refractivity contribution in [3.05, 3.63) is 0 Å². The smallest absolute Gasteiger partial charge is 0.381 e. The molecule has 0 fully saturated rings. The van der Waals surface area contributed by atoms with Gasteiger partial charge in [0.15, 0.2) is 0 Å². The average molecular weight is 806 g/mol. The van der Waals surface area contributed by atoms with Crippen molar-refractivity contribution in [3.63, 3.8) is 0 Å². The van der Waals surface area contributed by atoms with Crippen LogP contribution in [-0.2, 0) is 9.30 Å². The summed E-state index contributed by atoms with van der Waals surface area (Å²) in [5, 5.41) is 0. The highest BCUT2D eigenvalue weighted by atomic mass is 31.2. The highest BCUT2D eigenvalue weighted by molar-refractivity contribution is 7.45. The Bertz CT molecular complexity index is 652. The Morgan fingerprint density at radius 2 is 0.545 bits per heavy atom. The van der Waals surface area contributed by atoms with Crippen LogP contribution in [0.4, 0.5) is 0 Å². The molecule has 7 heteroatoms. The Morgan fingerprint density at radius 3 is 0.745 bits per heavy atom. The molecular weight excluding hydrogens is 702 g/mol. The standard InChI is InChI=1S/C40H82O.C8H19N.H3O4P/c1-5-9-13-17-21-23-27-31-35-39(33-29-25-19-15-11-7-3)37-41-38-40(34-30-26-20-16-12-8-4)36-32-28-24-22-18-14-10-6-2;1-2-3-4-5-6-7-8-9;1-5(2,3)4/h39-40H,5-38H2,1-4H3;2-9H2,1H3;(H3,1,2,3,4). The predicted molar refractivity (Wildman–Crippen MR) is 245 cm³/mol. The molecule has 0 amide bonds. The van der Waals surface area contributed by atoms with E-state index in [1.807, 2.05) is 0 Å². The van der Waals surface area contributed by atoms with Gasteiger partial charge < -0.3 is 25.2 Å². The van der Waals surface area contributed by atoms with Crippen LogP contribution in [0.1, 0.15) is 279 Å². The molecule has 0 spiro atoms. The Balaban J connectivity index is -0.00000162. The fraction of sp³-hybridized carbons (Fsp3) is 1.00. The summed E-state index contributed by atoms with van der Waals surface area (Å²) in [5.74, 6) is 1.61. The van der Waals surface area contributed by atoms with E-state index in [1.54, 1.807) is 0 Å². The third-order valence-electron chi connectivity index (χ3n) is 11.1. The number of rotatable bonds is 42. The molecule has 0 aromatic rings. The molecule has 0 aliphatic heterocycles. The van der Waals surface area contributed by atoms with Crippen molar-refractivity contribution in [1.82, 2.24) is 0 Å². The predicted octanol–water partition coefficient (Wildman–Crippen LogP) is 16.2. The molecule has 0 heterocycles. The molecule has 2 unspecified atom stereocenters. The summed E-state index contributed by atoms with van der Waals surface area (Å²) >= 11 is 0. The Labute approximate surface area is 346 Å². The molecule has 0 aliphatic carbocycles. The Hall–Kier alpha value is 0.0300. The van der Waals surface area contributed by atoms with Crippen LogP contribution < -0.4 is 5.73 Å². The number of hydrogen-bond acceptors (Lipinski definition) is 3. The van der Waals surface area contributed by atoms with Crippen LogP contribution >= 0.6 is 7.82 Å². The number of phosphoric acid groups is 1. The number of ether oxygens (including phenoxy) is 1. The lowest BCUT2D eigenvalue weighted by Crippen LogP contribution is -2.16. The molecule has 0 saturated heterocycles. The third kappa shape index (κ3) is 63.4. The molecule has 0 saturated carbocycles. The number of hydrogen-bond donors (Lipinski definition) is 4. The van der Waals surface area contributed by atoms with Crippen molar-refractivity contribution in [2.75, 3.05) is 19.8 Å². The summed E-state index contributed by atoms with van der Waals surface area (Å²) in [6.07, 6.45) is 53.7. The summed E-state index contributed by atoms with van der Waals surface area (Å²) < 4.78 is 15.5. The van der Waals surface area contributed by atoms with Crippen molar-refractivity contribution in [1.29, 1.82) is 0 Å². The van der Waals surface area contributed by atoms with Crippen molar-refractivity contribution in [2.24, 2.45) is 17.6 Å². The second kappa shape index (κ2) is 52.0. The lowest BCUT2D eigenvalue weighted by Gasteiger charge is -2.21. The molecule has 0 aromatic heterocycles. The van der Waals surface area contributed by atoms with Crippen molar-refractivity contribution in [3.8, 4) is 0 Å². The molecule has 0 bridgehead atoms. The van der Waals surface area contributed by atoms with Crippen LogP contribution in [0.25, 0.3) is 0 Å². The minimum Gasteiger partial charge on any atom is -0.381 e. The molecule has 2 atom stereocenters. The minimum atomic E-state index is -4.64. The van der Waals surface area contributed by atoms with Gasteiger partial charge in [-0.3, -0.25) is 0 Å². The SMILES string of the molecule is CCCCCCCCCCC(CCCCCCCC)COCC(CCCCCCCC)CCCCCCCCCC.CCCCCCCCN.O=P(O)(O)O. The van der Waals surface area contributed by atoms with Gasteiger partial charge in [0.2, 0.25) is 0 Å². The van der Waals surface area contributed by atoms with E-state index in [-0.39, 0.29) is 0 Å². The monoisotopic (exact) mass is 806 g/mol. The van der Waals surface area contributed by atoms with Gasteiger partial charge in [0.25, 0.3) is 0 Å². The number of nitrogens with two attached hydrogens (primary N) is 1. The third-order valence-corrected chi connectivity index (χ3v) is 11.1. The van der Waals surface area contributed by atoms with E-state index >= 15 is 0 Å². The molecule has 0 radical (unpaired) electrons. The van der Waals surface area contributed by atoms with Crippen LogP contribution in [0.15, 0.2) is 0 Å². The molecule has 0 aliphatic rings. The summed E-state index contributed by atoms with van der Waals surface area (Å²) in [4.78, 5) is 21.6. The molecule has 0 aromatic carbocycles. The van der Waals surface area contributed by atoms with Crippen molar-refractivity contribution in [2.45, 2.75) is 279 Å². The van der Waals surface area contributed by atoms with Crippen LogP contribution in [-0.4, -0.2) is 34.4 Å². The maximum atomic E-state index is 8.88. The Morgan fingerprint density at radius 1 is 0.364 bits per heavy atom. The maximum absolute atomic E-state index is 8.88. The molecule has 336 valence electrons. The fourth-order valence-corrected chi connectivity index (χ4v) is 7.51. The lowest BCUT2D eigenvalue weighted by atomic mass is 9.93. The zero-order chi connectivity index (χ0) is 41.4. The zero-order valence-electron chi connectivity index (χ0n) is 38.3. The van der Waals surface area contributed by atoms with Gasteiger partial charge in [-0.15, -0.1) is 0 Å². The lowest BCUT2D eigenvalue weighted by molar-refractivity contribution is 0.0587. The van der Waals surface area contributed by atoms with Crippen LogP contribution in [0.3, 0.4) is 0 Å². The number of unbranched alkanes of at least 4 members (excludes halogenated alkanes) is 29. The summed E-state index contributed by atoms with van der Waals surface area (Å²) in [5.41, 5.74) is 5.34. The molecule has 0 rings (SSSR count). The first-order valence-corrected chi connectivity index (χ1v) is 26.3. The van der Waals surface area contributed by atoms with Crippen LogP contribution in [0.5, 0.6) is 0 Å². The Kier molecular flexibility index (Phi) is 56.2. The maximum Gasteiger partial charge on any atom is 0.466 e. The van der Waals surface area contributed by atoms with Gasteiger partial charge in [0.05, 0.1) is 0 Å². The van der Waals surface area contributed by atoms with Gasteiger partial charge in [0, 0.05) is 13.2 Å². The highest BCUT2D eigenvalue weighted by Gasteiger charge is 2.13. The zero-order valence-corrected chi connectivity index (χ0v) is 39.2. The topological polar surface area (TPSA) is 113 Å². The average Bonchev–Trinajstić information content (AvgIpc) is 3.15. The minimum absolute atomic E-state index is 0.805. The fourth-order valence-electron chi connectivity index (χ4n) is 7.51. The van der Waals surface area contributed by atoms with E-state index in [9.17, 15) is 0 Å². The van der Waals surface area contributed by atoms with E-state index < -0.39 is 7.82 Å².